The minimum atomic E-state index is -0.995. The van der Waals surface area contributed by atoms with Crippen molar-refractivity contribution in [1.82, 2.24) is 0 Å². The molecule has 0 heterocycles. The van der Waals surface area contributed by atoms with Gasteiger partial charge in [-0.25, -0.2) is 4.79 Å². The average Bonchev–Trinajstić information content (AvgIpc) is 2.17. The Labute approximate surface area is 81.8 Å². The smallest absolute Gasteiger partial charge is 0.337 e. The number of aromatic carboxylic acids is 1. The van der Waals surface area contributed by atoms with Gasteiger partial charge in [-0.1, -0.05) is 0 Å². The fraction of sp³-hybridized carbons (Fsp3) is 0.200. The van der Waals surface area contributed by atoms with Crippen molar-refractivity contribution in [3.05, 3.63) is 29.3 Å². The molecule has 0 bridgehead atoms. The monoisotopic (exact) mass is 190 g/mol. The van der Waals surface area contributed by atoms with Gasteiger partial charge in [-0.05, 0) is 25.1 Å². The van der Waals surface area contributed by atoms with E-state index in [0.29, 0.717) is 17.8 Å². The molecule has 0 atom stereocenters. The number of hydrogen-bond donors (Lipinski definition) is 2. The minimum Gasteiger partial charge on any atom is -0.478 e. The highest BCUT2D eigenvalue weighted by atomic mass is 16.4. The molecule has 2 N–H and O–H groups in total. The van der Waals surface area contributed by atoms with E-state index in [1.54, 1.807) is 0 Å². The van der Waals surface area contributed by atoms with Gasteiger partial charge < -0.3 is 10.4 Å². The first kappa shape index (κ1) is 10.1. The van der Waals surface area contributed by atoms with Gasteiger partial charge in [-0.15, -0.1) is 0 Å². The van der Waals surface area contributed by atoms with Gasteiger partial charge >= 0.3 is 5.97 Å². The highest BCUT2D eigenvalue weighted by Crippen LogP contribution is 2.17. The van der Waals surface area contributed by atoms with E-state index >= 15 is 0 Å². The lowest BCUT2D eigenvalue weighted by Crippen LogP contribution is -2.05. The maximum atomic E-state index is 10.8. The van der Waals surface area contributed by atoms with Crippen LogP contribution in [0.15, 0.2) is 18.2 Å². The van der Waals surface area contributed by atoms with Gasteiger partial charge in [0.15, 0.2) is 0 Å². The first-order valence-corrected chi connectivity index (χ1v) is 4.20. The standard InChI is InChI=1S/C10H10N2O2/c1-2-12-9-5-7(6-11)3-4-8(9)10(13)14/h3-5,12H,2H2,1H3,(H,13,14). The molecule has 0 fully saturated rings. The zero-order chi connectivity index (χ0) is 10.6. The first-order chi connectivity index (χ1) is 6.69. The molecular formula is C10H10N2O2. The van der Waals surface area contributed by atoms with Crippen LogP contribution in [-0.2, 0) is 0 Å². The van der Waals surface area contributed by atoms with Crippen LogP contribution in [0.2, 0.25) is 0 Å². The summed E-state index contributed by atoms with van der Waals surface area (Å²) in [6.45, 7) is 2.49. The zero-order valence-corrected chi connectivity index (χ0v) is 7.74. The lowest BCUT2D eigenvalue weighted by molar-refractivity contribution is 0.0698. The zero-order valence-electron chi connectivity index (χ0n) is 7.74. The lowest BCUT2D eigenvalue weighted by Gasteiger charge is -2.07. The van der Waals surface area contributed by atoms with Crippen molar-refractivity contribution in [2.75, 3.05) is 11.9 Å². The van der Waals surface area contributed by atoms with Crippen LogP contribution in [-0.4, -0.2) is 17.6 Å². The fourth-order valence-corrected chi connectivity index (χ4v) is 1.14. The number of carbonyl (C=O) groups is 1. The number of carboxylic acids is 1. The molecule has 0 aliphatic rings. The summed E-state index contributed by atoms with van der Waals surface area (Å²) in [6.07, 6.45) is 0. The SMILES string of the molecule is CCNc1cc(C#N)ccc1C(=O)O. The Hall–Kier alpha value is -2.02. The molecule has 4 nitrogen and oxygen atoms in total. The van der Waals surface area contributed by atoms with Crippen LogP contribution in [0.5, 0.6) is 0 Å². The Morgan fingerprint density at radius 3 is 2.86 bits per heavy atom. The maximum absolute atomic E-state index is 10.8. The van der Waals surface area contributed by atoms with Crippen LogP contribution < -0.4 is 5.32 Å². The van der Waals surface area contributed by atoms with Crippen LogP contribution in [0.3, 0.4) is 0 Å². The van der Waals surface area contributed by atoms with Crippen molar-refractivity contribution in [2.24, 2.45) is 0 Å². The summed E-state index contributed by atoms with van der Waals surface area (Å²) in [5.74, 6) is -0.995. The third-order valence-corrected chi connectivity index (χ3v) is 1.75. The summed E-state index contributed by atoms with van der Waals surface area (Å²) in [5, 5.41) is 20.4. The van der Waals surface area contributed by atoms with Gasteiger partial charge in [0.25, 0.3) is 0 Å². The van der Waals surface area contributed by atoms with Gasteiger partial charge in [-0.3, -0.25) is 0 Å². The third-order valence-electron chi connectivity index (χ3n) is 1.75. The van der Waals surface area contributed by atoms with E-state index in [1.807, 2.05) is 13.0 Å². The molecule has 0 aromatic heterocycles. The molecule has 0 radical (unpaired) electrons. The van der Waals surface area contributed by atoms with Gasteiger partial charge in [0.05, 0.1) is 22.9 Å². The average molecular weight is 190 g/mol. The number of benzene rings is 1. The van der Waals surface area contributed by atoms with E-state index < -0.39 is 5.97 Å². The summed E-state index contributed by atoms with van der Waals surface area (Å²) in [4.78, 5) is 10.8. The lowest BCUT2D eigenvalue weighted by atomic mass is 10.1. The minimum absolute atomic E-state index is 0.186. The Morgan fingerprint density at radius 1 is 1.64 bits per heavy atom. The van der Waals surface area contributed by atoms with Gasteiger partial charge in [0.2, 0.25) is 0 Å². The molecule has 72 valence electrons. The number of rotatable bonds is 3. The molecule has 1 rings (SSSR count). The van der Waals surface area contributed by atoms with Crippen molar-refractivity contribution in [2.45, 2.75) is 6.92 Å². The van der Waals surface area contributed by atoms with Crippen LogP contribution in [0.25, 0.3) is 0 Å². The Morgan fingerprint density at radius 2 is 2.36 bits per heavy atom. The number of nitrogens with zero attached hydrogens (tertiary/aromatic N) is 1. The number of carboxylic acid groups (broad SMARTS) is 1. The molecule has 14 heavy (non-hydrogen) atoms. The highest BCUT2D eigenvalue weighted by molar-refractivity contribution is 5.94. The van der Waals surface area contributed by atoms with E-state index in [0.717, 1.165) is 0 Å². The van der Waals surface area contributed by atoms with Crippen molar-refractivity contribution in [1.29, 1.82) is 5.26 Å². The molecule has 1 aromatic carbocycles. The Balaban J connectivity index is 3.18. The molecule has 1 aromatic rings. The molecule has 0 amide bonds. The number of anilines is 1. The van der Waals surface area contributed by atoms with E-state index in [-0.39, 0.29) is 5.56 Å². The second kappa shape index (κ2) is 4.28. The first-order valence-electron chi connectivity index (χ1n) is 4.20. The predicted molar refractivity (Wildman–Crippen MR) is 52.3 cm³/mol. The van der Waals surface area contributed by atoms with E-state index in [4.69, 9.17) is 10.4 Å². The fourth-order valence-electron chi connectivity index (χ4n) is 1.14. The summed E-state index contributed by atoms with van der Waals surface area (Å²) in [6, 6.07) is 6.41. The van der Waals surface area contributed by atoms with E-state index in [9.17, 15) is 4.79 Å². The molecule has 0 unspecified atom stereocenters. The predicted octanol–water partition coefficient (Wildman–Crippen LogP) is 1.69. The number of nitrogens with one attached hydrogen (secondary N) is 1. The topological polar surface area (TPSA) is 73.1 Å². The second-order valence-corrected chi connectivity index (χ2v) is 2.71. The van der Waals surface area contributed by atoms with E-state index in [2.05, 4.69) is 5.32 Å². The quantitative estimate of drug-likeness (QED) is 0.760. The normalized spacial score (nSPS) is 9.14. The van der Waals surface area contributed by atoms with Crippen molar-refractivity contribution < 1.29 is 9.90 Å². The highest BCUT2D eigenvalue weighted by Gasteiger charge is 2.09. The third kappa shape index (κ3) is 2.02. The van der Waals surface area contributed by atoms with Crippen LogP contribution in [0, 0.1) is 11.3 Å². The second-order valence-electron chi connectivity index (χ2n) is 2.71. The van der Waals surface area contributed by atoms with Crippen molar-refractivity contribution in [3.63, 3.8) is 0 Å². The molecule has 0 aliphatic carbocycles. The number of hydrogen-bond acceptors (Lipinski definition) is 3. The maximum Gasteiger partial charge on any atom is 0.337 e. The summed E-state index contributed by atoms with van der Waals surface area (Å²) in [5.41, 5.74) is 1.12. The van der Waals surface area contributed by atoms with Crippen LogP contribution >= 0.6 is 0 Å². The molecule has 0 spiro atoms. The van der Waals surface area contributed by atoms with E-state index in [1.165, 1.54) is 18.2 Å². The Kier molecular flexibility index (Phi) is 3.08. The summed E-state index contributed by atoms with van der Waals surface area (Å²) < 4.78 is 0. The molecule has 4 heteroatoms. The van der Waals surface area contributed by atoms with Gasteiger partial charge in [-0.2, -0.15) is 5.26 Å². The summed E-state index contributed by atoms with van der Waals surface area (Å²) in [7, 11) is 0. The summed E-state index contributed by atoms with van der Waals surface area (Å²) >= 11 is 0. The molecule has 0 aliphatic heterocycles. The van der Waals surface area contributed by atoms with Gasteiger partial charge in [0.1, 0.15) is 0 Å². The Bertz CT molecular complexity index is 394. The largest absolute Gasteiger partial charge is 0.478 e. The van der Waals surface area contributed by atoms with Gasteiger partial charge in [0, 0.05) is 6.54 Å². The molecule has 0 saturated carbocycles. The molecular weight excluding hydrogens is 180 g/mol. The van der Waals surface area contributed by atoms with Crippen LogP contribution in [0.1, 0.15) is 22.8 Å². The molecule has 0 saturated heterocycles. The number of nitriles is 1. The van der Waals surface area contributed by atoms with Crippen molar-refractivity contribution >= 4 is 11.7 Å². The van der Waals surface area contributed by atoms with Crippen molar-refractivity contribution in [3.8, 4) is 6.07 Å². The van der Waals surface area contributed by atoms with Crippen LogP contribution in [0.4, 0.5) is 5.69 Å².